The molecule has 0 heterocycles. The van der Waals surface area contributed by atoms with E-state index in [0.29, 0.717) is 32.1 Å². The second kappa shape index (κ2) is 31.0. The minimum absolute atomic E-state index is 0.0121. The van der Waals surface area contributed by atoms with Gasteiger partial charge >= 0.3 is 19.8 Å². The van der Waals surface area contributed by atoms with Gasteiger partial charge in [0.1, 0.15) is 12.7 Å². The van der Waals surface area contributed by atoms with E-state index in [9.17, 15) is 34.1 Å². The van der Waals surface area contributed by atoms with Crippen molar-refractivity contribution in [2.45, 2.75) is 161 Å². The summed E-state index contributed by atoms with van der Waals surface area (Å²) in [4.78, 5) is 47.4. The maximum atomic E-state index is 12.6. The zero-order valence-electron chi connectivity index (χ0n) is 33.2. The summed E-state index contributed by atoms with van der Waals surface area (Å²) in [5, 5.41) is 28.5. The number of phosphoric acid groups is 1. The van der Waals surface area contributed by atoms with Crippen LogP contribution in [0.1, 0.15) is 143 Å². The van der Waals surface area contributed by atoms with Gasteiger partial charge in [0.05, 0.1) is 25.9 Å². The molecule has 1 aliphatic rings. The van der Waals surface area contributed by atoms with Crippen molar-refractivity contribution in [2.24, 2.45) is 17.8 Å². The molecule has 54 heavy (non-hydrogen) atoms. The topological polar surface area (TPSA) is 186 Å². The molecular weight excluding hydrogens is 715 g/mol. The summed E-state index contributed by atoms with van der Waals surface area (Å²) in [5.74, 6) is -0.540. The second-order valence-electron chi connectivity index (χ2n) is 14.6. The van der Waals surface area contributed by atoms with E-state index in [4.69, 9.17) is 19.1 Å². The molecule has 0 aromatic carbocycles. The number of phosphoric ester groups is 1. The average molecular weight is 787 g/mol. The highest BCUT2D eigenvalue weighted by Crippen LogP contribution is 2.43. The molecule has 2 unspecified atom stereocenters. The minimum Gasteiger partial charge on any atom is -0.462 e. The van der Waals surface area contributed by atoms with Crippen LogP contribution >= 0.6 is 7.82 Å². The quantitative estimate of drug-likeness (QED) is 0.0215. The standard InChI is InChI=1S/C41H71O12P/c1-4-6-15-22-35(43)26-27-38-34(25-28-39(38)45)21-17-13-14-18-23-40(46)50-31-37(32-52-54(48,49)51-30-36(44)29-42)53-41(47)24-19-12-10-8-7-9-11-16-20-33(3)5-2/h13,17,25-28,33-38,42-44H,4-12,14-16,18-24,29-32H2,1-3H3,(H,48,49)/b17-13-,27-26+/t33?,34-,35-,36-,37+,38+/m0/s1. The molecule has 12 nitrogen and oxygen atoms in total. The first-order valence-electron chi connectivity index (χ1n) is 20.4. The molecule has 13 heteroatoms. The van der Waals surface area contributed by atoms with Crippen molar-refractivity contribution in [1.82, 2.24) is 0 Å². The Morgan fingerprint density at radius 2 is 1.50 bits per heavy atom. The van der Waals surface area contributed by atoms with Gasteiger partial charge in [0.25, 0.3) is 0 Å². The van der Waals surface area contributed by atoms with Gasteiger partial charge < -0.3 is 29.7 Å². The van der Waals surface area contributed by atoms with Crippen LogP contribution in [-0.2, 0) is 37.5 Å². The predicted molar refractivity (Wildman–Crippen MR) is 209 cm³/mol. The van der Waals surface area contributed by atoms with Gasteiger partial charge in [-0.1, -0.05) is 128 Å². The Kier molecular flexibility index (Phi) is 28.6. The fourth-order valence-electron chi connectivity index (χ4n) is 5.90. The Morgan fingerprint density at radius 1 is 0.852 bits per heavy atom. The first-order chi connectivity index (χ1) is 25.9. The molecule has 0 radical (unpaired) electrons. The van der Waals surface area contributed by atoms with Gasteiger partial charge in [-0.3, -0.25) is 23.4 Å². The smallest absolute Gasteiger partial charge is 0.462 e. The molecule has 0 aliphatic heterocycles. The summed E-state index contributed by atoms with van der Waals surface area (Å²) in [5.41, 5.74) is 0. The van der Waals surface area contributed by atoms with Gasteiger partial charge in [-0.25, -0.2) is 4.57 Å². The monoisotopic (exact) mass is 786 g/mol. The Hall–Kier alpha value is -2.18. The van der Waals surface area contributed by atoms with Gasteiger partial charge in [0.15, 0.2) is 11.9 Å². The number of aliphatic hydroxyl groups is 3. The largest absolute Gasteiger partial charge is 0.472 e. The van der Waals surface area contributed by atoms with Gasteiger partial charge in [0.2, 0.25) is 0 Å². The number of esters is 2. The molecule has 0 spiro atoms. The first-order valence-corrected chi connectivity index (χ1v) is 21.9. The van der Waals surface area contributed by atoms with Crippen LogP contribution in [0.4, 0.5) is 0 Å². The number of unbranched alkanes of at least 4 members (excludes halogenated alkanes) is 10. The number of rotatable bonds is 34. The summed E-state index contributed by atoms with van der Waals surface area (Å²) in [7, 11) is -4.66. The number of ether oxygens (including phenoxy) is 2. The number of carbonyl (C=O) groups excluding carboxylic acids is 3. The molecule has 0 fully saturated rings. The van der Waals surface area contributed by atoms with E-state index >= 15 is 0 Å². The van der Waals surface area contributed by atoms with Gasteiger partial charge in [-0.2, -0.15) is 0 Å². The van der Waals surface area contributed by atoms with Crippen molar-refractivity contribution in [1.29, 1.82) is 0 Å². The summed E-state index contributed by atoms with van der Waals surface area (Å²) < 4.78 is 32.6. The first kappa shape index (κ1) is 49.8. The lowest BCUT2D eigenvalue weighted by atomic mass is 9.90. The number of hydrogen-bond donors (Lipinski definition) is 4. The van der Waals surface area contributed by atoms with Gasteiger partial charge in [-0.05, 0) is 50.0 Å². The van der Waals surface area contributed by atoms with Crippen molar-refractivity contribution in [3.8, 4) is 0 Å². The lowest BCUT2D eigenvalue weighted by molar-refractivity contribution is -0.161. The van der Waals surface area contributed by atoms with Crippen LogP contribution in [0.2, 0.25) is 0 Å². The van der Waals surface area contributed by atoms with Crippen LogP contribution in [0.3, 0.4) is 0 Å². The van der Waals surface area contributed by atoms with E-state index < -0.39 is 57.9 Å². The highest BCUT2D eigenvalue weighted by atomic mass is 31.2. The molecular formula is C41H71O12P. The van der Waals surface area contributed by atoms with Crippen LogP contribution in [0.5, 0.6) is 0 Å². The van der Waals surface area contributed by atoms with Crippen molar-refractivity contribution in [3.63, 3.8) is 0 Å². The number of hydrogen-bond acceptors (Lipinski definition) is 11. The molecule has 0 saturated heterocycles. The molecule has 1 rings (SSSR count). The minimum atomic E-state index is -4.66. The van der Waals surface area contributed by atoms with E-state index in [1.54, 1.807) is 12.2 Å². The Labute approximate surface area is 324 Å². The lowest BCUT2D eigenvalue weighted by Crippen LogP contribution is -2.29. The number of carbonyl (C=O) groups is 3. The van der Waals surface area contributed by atoms with Crippen LogP contribution in [-0.4, -0.2) is 82.7 Å². The molecule has 0 amide bonds. The van der Waals surface area contributed by atoms with E-state index in [2.05, 4.69) is 25.3 Å². The van der Waals surface area contributed by atoms with Crippen LogP contribution in [0.15, 0.2) is 36.5 Å². The van der Waals surface area contributed by atoms with Crippen LogP contribution < -0.4 is 0 Å². The Morgan fingerprint density at radius 3 is 2.19 bits per heavy atom. The van der Waals surface area contributed by atoms with Gasteiger partial charge in [-0.15, -0.1) is 0 Å². The van der Waals surface area contributed by atoms with Crippen LogP contribution in [0, 0.1) is 17.8 Å². The van der Waals surface area contributed by atoms with Crippen molar-refractivity contribution in [2.75, 3.05) is 26.4 Å². The summed E-state index contributed by atoms with van der Waals surface area (Å²) in [6.07, 6.45) is 24.7. The molecule has 7 atom stereocenters. The van der Waals surface area contributed by atoms with E-state index in [-0.39, 0.29) is 37.1 Å². The fraction of sp³-hybridized carbons (Fsp3) is 0.780. The zero-order chi connectivity index (χ0) is 40.0. The predicted octanol–water partition coefficient (Wildman–Crippen LogP) is 7.86. The van der Waals surface area contributed by atoms with E-state index in [1.165, 1.54) is 38.5 Å². The SMILES string of the molecule is CCCCC[C@H](O)/C=C/[C@H]1C(=O)C=C[C@@H]1C/C=C\CCCC(=O)OC[C@H](COP(=O)(O)OC[C@@H](O)CO)OC(=O)CCCCCCCCCCC(C)CC. The molecule has 0 aromatic heterocycles. The third-order valence-electron chi connectivity index (χ3n) is 9.59. The molecule has 4 N–H and O–H groups in total. The highest BCUT2D eigenvalue weighted by molar-refractivity contribution is 7.47. The number of allylic oxidation sites excluding steroid dienone is 5. The number of aliphatic hydroxyl groups excluding tert-OH is 3. The maximum absolute atomic E-state index is 12.6. The second-order valence-corrected chi connectivity index (χ2v) is 16.0. The average Bonchev–Trinajstić information content (AvgIpc) is 3.51. The fourth-order valence-corrected chi connectivity index (χ4v) is 6.69. The summed E-state index contributed by atoms with van der Waals surface area (Å²) in [6, 6.07) is 0. The molecule has 312 valence electrons. The maximum Gasteiger partial charge on any atom is 0.472 e. The zero-order valence-corrected chi connectivity index (χ0v) is 34.1. The Bertz CT molecular complexity index is 1150. The van der Waals surface area contributed by atoms with Crippen molar-refractivity contribution < 1.29 is 57.7 Å². The summed E-state index contributed by atoms with van der Waals surface area (Å²) >= 11 is 0. The summed E-state index contributed by atoms with van der Waals surface area (Å²) in [6.45, 7) is 4.33. The van der Waals surface area contributed by atoms with Crippen molar-refractivity contribution in [3.05, 3.63) is 36.5 Å². The Balaban J connectivity index is 2.48. The number of ketones is 1. The van der Waals surface area contributed by atoms with E-state index in [1.807, 2.05) is 24.3 Å². The van der Waals surface area contributed by atoms with Crippen LogP contribution in [0.25, 0.3) is 0 Å². The van der Waals surface area contributed by atoms with E-state index in [0.717, 1.165) is 44.4 Å². The highest BCUT2D eigenvalue weighted by Gasteiger charge is 2.28. The molecule has 0 bridgehead atoms. The normalized spacial score (nSPS) is 19.3. The molecule has 0 saturated carbocycles. The third-order valence-corrected chi connectivity index (χ3v) is 10.5. The van der Waals surface area contributed by atoms with Crippen molar-refractivity contribution >= 4 is 25.5 Å². The molecule has 1 aliphatic carbocycles. The molecule has 0 aromatic rings. The van der Waals surface area contributed by atoms with Gasteiger partial charge in [0, 0.05) is 18.8 Å². The lowest BCUT2D eigenvalue weighted by Gasteiger charge is -2.20. The third kappa shape index (κ3) is 25.8.